The van der Waals surface area contributed by atoms with E-state index in [1.807, 2.05) is 54.9 Å². The summed E-state index contributed by atoms with van der Waals surface area (Å²) in [6.07, 6.45) is 0. The van der Waals surface area contributed by atoms with Crippen molar-refractivity contribution in [3.63, 3.8) is 0 Å². The molecule has 1 aromatic heterocycles. The van der Waals surface area contributed by atoms with Crippen molar-refractivity contribution in [2.75, 3.05) is 0 Å². The van der Waals surface area contributed by atoms with Crippen LogP contribution in [-0.4, -0.2) is 14.9 Å². The van der Waals surface area contributed by atoms with Crippen molar-refractivity contribution in [1.82, 2.24) is 9.78 Å². The van der Waals surface area contributed by atoms with Crippen LogP contribution < -0.4 is 0 Å². The standard InChI is InChI=1S/C19H20N2O/c1-12-7-5-6-8-17(12)21-18(11-15(4)20-21)16-9-13(2)14(3)10-19(16)22/h5-11,22H,1-4H3. The minimum absolute atomic E-state index is 0.290. The molecule has 0 bridgehead atoms. The average Bonchev–Trinajstić information content (AvgIpc) is 2.85. The normalized spacial score (nSPS) is 10.9. The van der Waals surface area contributed by atoms with Crippen LogP contribution in [0.2, 0.25) is 0 Å². The number of rotatable bonds is 2. The average molecular weight is 292 g/mol. The molecule has 3 nitrogen and oxygen atoms in total. The third-order valence-electron chi connectivity index (χ3n) is 4.06. The van der Waals surface area contributed by atoms with Crippen molar-refractivity contribution < 1.29 is 5.11 Å². The highest BCUT2D eigenvalue weighted by Crippen LogP contribution is 2.34. The number of aromatic nitrogens is 2. The van der Waals surface area contributed by atoms with E-state index in [4.69, 9.17) is 0 Å². The highest BCUT2D eigenvalue weighted by molar-refractivity contribution is 5.71. The monoisotopic (exact) mass is 292 g/mol. The maximum absolute atomic E-state index is 10.4. The van der Waals surface area contributed by atoms with Gasteiger partial charge in [-0.05, 0) is 68.7 Å². The van der Waals surface area contributed by atoms with Crippen molar-refractivity contribution >= 4 is 0 Å². The molecule has 0 fully saturated rings. The number of phenolic OH excluding ortho intramolecular Hbond substituents is 1. The highest BCUT2D eigenvalue weighted by atomic mass is 16.3. The largest absolute Gasteiger partial charge is 0.507 e. The van der Waals surface area contributed by atoms with Crippen molar-refractivity contribution in [2.24, 2.45) is 0 Å². The predicted octanol–water partition coefficient (Wildman–Crippen LogP) is 4.48. The number of hydrogen-bond donors (Lipinski definition) is 1. The lowest BCUT2D eigenvalue weighted by atomic mass is 10.0. The summed E-state index contributed by atoms with van der Waals surface area (Å²) in [5, 5.41) is 15.0. The predicted molar refractivity (Wildman–Crippen MR) is 89.6 cm³/mol. The van der Waals surface area contributed by atoms with Crippen LogP contribution in [0.25, 0.3) is 16.9 Å². The van der Waals surface area contributed by atoms with Gasteiger partial charge in [0.2, 0.25) is 0 Å². The van der Waals surface area contributed by atoms with Crippen LogP contribution in [0, 0.1) is 27.7 Å². The van der Waals surface area contributed by atoms with Gasteiger partial charge >= 0.3 is 0 Å². The molecule has 0 amide bonds. The molecule has 3 rings (SSSR count). The maximum Gasteiger partial charge on any atom is 0.125 e. The Morgan fingerprint density at radius 1 is 0.864 bits per heavy atom. The van der Waals surface area contributed by atoms with Crippen LogP contribution in [0.5, 0.6) is 5.75 Å². The van der Waals surface area contributed by atoms with E-state index in [1.165, 1.54) is 0 Å². The fraction of sp³-hybridized carbons (Fsp3) is 0.211. The summed E-state index contributed by atoms with van der Waals surface area (Å²) < 4.78 is 1.91. The highest BCUT2D eigenvalue weighted by Gasteiger charge is 2.15. The Labute approximate surface area is 130 Å². The van der Waals surface area contributed by atoms with Crippen LogP contribution in [0.3, 0.4) is 0 Å². The minimum atomic E-state index is 0.290. The Kier molecular flexibility index (Phi) is 3.49. The molecule has 1 N–H and O–H groups in total. The van der Waals surface area contributed by atoms with Gasteiger partial charge in [-0.2, -0.15) is 5.10 Å². The molecule has 1 heterocycles. The lowest BCUT2D eigenvalue weighted by molar-refractivity contribution is 0.476. The minimum Gasteiger partial charge on any atom is -0.507 e. The van der Waals surface area contributed by atoms with Gasteiger partial charge in [-0.1, -0.05) is 18.2 Å². The number of para-hydroxylation sites is 1. The topological polar surface area (TPSA) is 38.0 Å². The molecule has 3 heteroatoms. The summed E-state index contributed by atoms with van der Waals surface area (Å²) in [7, 11) is 0. The molecule has 0 saturated heterocycles. The Morgan fingerprint density at radius 3 is 2.27 bits per heavy atom. The molecule has 22 heavy (non-hydrogen) atoms. The molecule has 0 spiro atoms. The van der Waals surface area contributed by atoms with E-state index in [2.05, 4.69) is 25.0 Å². The lowest BCUT2D eigenvalue weighted by Crippen LogP contribution is -2.02. The van der Waals surface area contributed by atoms with E-state index in [-0.39, 0.29) is 5.75 Å². The van der Waals surface area contributed by atoms with Gasteiger partial charge in [0.05, 0.1) is 17.1 Å². The second-order valence-electron chi connectivity index (χ2n) is 5.82. The third-order valence-corrected chi connectivity index (χ3v) is 4.06. The number of nitrogens with zero attached hydrogens (tertiary/aromatic N) is 2. The number of aromatic hydroxyl groups is 1. The first-order chi connectivity index (χ1) is 10.5. The SMILES string of the molecule is Cc1cc(-c2cc(C)c(C)cc2O)n(-c2ccccc2C)n1. The zero-order chi connectivity index (χ0) is 15.9. The van der Waals surface area contributed by atoms with Gasteiger partial charge in [0.15, 0.2) is 0 Å². The lowest BCUT2D eigenvalue weighted by Gasteiger charge is -2.13. The molecule has 0 aliphatic carbocycles. The van der Waals surface area contributed by atoms with Crippen LogP contribution in [0.15, 0.2) is 42.5 Å². The summed E-state index contributed by atoms with van der Waals surface area (Å²) in [6, 6.07) is 14.0. The van der Waals surface area contributed by atoms with Gasteiger partial charge in [-0.25, -0.2) is 4.68 Å². The Hall–Kier alpha value is -2.55. The van der Waals surface area contributed by atoms with Gasteiger partial charge in [-0.3, -0.25) is 0 Å². The molecule has 0 aliphatic heterocycles. The third kappa shape index (κ3) is 2.39. The van der Waals surface area contributed by atoms with Gasteiger partial charge < -0.3 is 5.11 Å². The van der Waals surface area contributed by atoms with Crippen LogP contribution >= 0.6 is 0 Å². The Balaban J connectivity index is 2.26. The molecule has 0 unspecified atom stereocenters. The summed E-state index contributed by atoms with van der Waals surface area (Å²) in [5.41, 5.74) is 7.07. The number of aryl methyl sites for hydroxylation is 4. The van der Waals surface area contributed by atoms with Crippen molar-refractivity contribution in [2.45, 2.75) is 27.7 Å². The summed E-state index contributed by atoms with van der Waals surface area (Å²) in [6.45, 7) is 8.09. The molecule has 0 atom stereocenters. The summed E-state index contributed by atoms with van der Waals surface area (Å²) in [5.74, 6) is 0.290. The van der Waals surface area contributed by atoms with E-state index < -0.39 is 0 Å². The molecule has 0 saturated carbocycles. The van der Waals surface area contributed by atoms with Crippen LogP contribution in [-0.2, 0) is 0 Å². The number of hydrogen-bond acceptors (Lipinski definition) is 2. The van der Waals surface area contributed by atoms with E-state index in [9.17, 15) is 5.11 Å². The second kappa shape index (κ2) is 5.34. The number of benzene rings is 2. The zero-order valence-corrected chi connectivity index (χ0v) is 13.4. The van der Waals surface area contributed by atoms with Gasteiger partial charge in [0, 0.05) is 5.56 Å². The smallest absolute Gasteiger partial charge is 0.125 e. The van der Waals surface area contributed by atoms with E-state index >= 15 is 0 Å². The first-order valence-corrected chi connectivity index (χ1v) is 7.40. The van der Waals surface area contributed by atoms with Crippen LogP contribution in [0.1, 0.15) is 22.4 Å². The van der Waals surface area contributed by atoms with Gasteiger partial charge in [0.25, 0.3) is 0 Å². The quantitative estimate of drug-likeness (QED) is 0.756. The number of phenols is 1. The molecule has 0 aliphatic rings. The fourth-order valence-electron chi connectivity index (χ4n) is 2.68. The molecule has 3 aromatic rings. The zero-order valence-electron chi connectivity index (χ0n) is 13.4. The Bertz CT molecular complexity index is 847. The molecule has 112 valence electrons. The van der Waals surface area contributed by atoms with E-state index in [0.29, 0.717) is 0 Å². The summed E-state index contributed by atoms with van der Waals surface area (Å²) in [4.78, 5) is 0. The molecular formula is C19H20N2O. The van der Waals surface area contributed by atoms with Crippen molar-refractivity contribution in [1.29, 1.82) is 0 Å². The first kappa shape index (κ1) is 14.4. The molecule has 2 aromatic carbocycles. The summed E-state index contributed by atoms with van der Waals surface area (Å²) >= 11 is 0. The fourth-order valence-corrected chi connectivity index (χ4v) is 2.68. The van der Waals surface area contributed by atoms with Gasteiger partial charge in [-0.15, -0.1) is 0 Å². The molecular weight excluding hydrogens is 272 g/mol. The maximum atomic E-state index is 10.4. The van der Waals surface area contributed by atoms with Gasteiger partial charge in [0.1, 0.15) is 5.75 Å². The second-order valence-corrected chi connectivity index (χ2v) is 5.82. The van der Waals surface area contributed by atoms with Crippen molar-refractivity contribution in [3.05, 3.63) is 64.8 Å². The first-order valence-electron chi connectivity index (χ1n) is 7.40. The van der Waals surface area contributed by atoms with Crippen LogP contribution in [0.4, 0.5) is 0 Å². The van der Waals surface area contributed by atoms with Crippen molar-refractivity contribution in [3.8, 4) is 22.7 Å². The van der Waals surface area contributed by atoms with E-state index in [1.54, 1.807) is 0 Å². The molecule has 0 radical (unpaired) electrons. The van der Waals surface area contributed by atoms with E-state index in [0.717, 1.165) is 39.3 Å². The Morgan fingerprint density at radius 2 is 1.55 bits per heavy atom.